The van der Waals surface area contributed by atoms with Gasteiger partial charge in [0.2, 0.25) is 5.91 Å². The number of rotatable bonds is 8. The van der Waals surface area contributed by atoms with Crippen LogP contribution in [-0.4, -0.2) is 32.6 Å². The quantitative estimate of drug-likeness (QED) is 0.776. The Bertz CT molecular complexity index is 463. The van der Waals surface area contributed by atoms with Gasteiger partial charge in [-0.3, -0.25) is 4.79 Å². The maximum atomic E-state index is 11.6. The monoisotopic (exact) mass is 311 g/mol. The molecule has 0 bridgehead atoms. The molecular weight excluding hydrogens is 286 g/mol. The van der Waals surface area contributed by atoms with Crippen molar-refractivity contribution in [3.8, 4) is 0 Å². The van der Waals surface area contributed by atoms with E-state index in [0.717, 1.165) is 29.4 Å². The highest BCUT2D eigenvalue weighted by Crippen LogP contribution is 2.23. The lowest BCUT2D eigenvalue weighted by molar-refractivity contribution is -0.119. The molecule has 0 unspecified atom stereocenters. The SMILES string of the molecule is CCNC(=O)CN(C)c1ccc(CNCC(C)C)c(Cl)c1. The van der Waals surface area contributed by atoms with E-state index in [-0.39, 0.29) is 5.91 Å². The normalized spacial score (nSPS) is 10.8. The molecule has 0 aliphatic rings. The lowest BCUT2D eigenvalue weighted by Crippen LogP contribution is -2.34. The summed E-state index contributed by atoms with van der Waals surface area (Å²) in [7, 11) is 1.89. The summed E-state index contributed by atoms with van der Waals surface area (Å²) >= 11 is 6.32. The fourth-order valence-corrected chi connectivity index (χ4v) is 2.21. The zero-order chi connectivity index (χ0) is 15.8. The van der Waals surface area contributed by atoms with E-state index < -0.39 is 0 Å². The fourth-order valence-electron chi connectivity index (χ4n) is 1.97. The van der Waals surface area contributed by atoms with Gasteiger partial charge in [-0.25, -0.2) is 0 Å². The van der Waals surface area contributed by atoms with Crippen molar-refractivity contribution < 1.29 is 4.79 Å². The Morgan fingerprint density at radius 3 is 2.67 bits per heavy atom. The average Bonchev–Trinajstić information content (AvgIpc) is 2.40. The van der Waals surface area contributed by atoms with Crippen molar-refractivity contribution in [1.82, 2.24) is 10.6 Å². The molecule has 21 heavy (non-hydrogen) atoms. The van der Waals surface area contributed by atoms with E-state index in [1.807, 2.05) is 37.1 Å². The average molecular weight is 312 g/mol. The molecule has 1 aromatic carbocycles. The van der Waals surface area contributed by atoms with Crippen molar-refractivity contribution in [3.05, 3.63) is 28.8 Å². The van der Waals surface area contributed by atoms with Gasteiger partial charge >= 0.3 is 0 Å². The Morgan fingerprint density at radius 2 is 2.10 bits per heavy atom. The van der Waals surface area contributed by atoms with E-state index in [1.54, 1.807) is 0 Å². The summed E-state index contributed by atoms with van der Waals surface area (Å²) < 4.78 is 0. The van der Waals surface area contributed by atoms with Gasteiger partial charge in [-0.1, -0.05) is 31.5 Å². The number of likely N-dealkylation sites (N-methyl/N-ethyl adjacent to an activating group) is 2. The van der Waals surface area contributed by atoms with E-state index in [9.17, 15) is 4.79 Å². The predicted molar refractivity (Wildman–Crippen MR) is 90.0 cm³/mol. The molecule has 0 atom stereocenters. The van der Waals surface area contributed by atoms with Crippen LogP contribution in [-0.2, 0) is 11.3 Å². The van der Waals surface area contributed by atoms with Gasteiger partial charge in [0.05, 0.1) is 6.54 Å². The topological polar surface area (TPSA) is 44.4 Å². The van der Waals surface area contributed by atoms with E-state index >= 15 is 0 Å². The number of hydrogen-bond acceptors (Lipinski definition) is 3. The summed E-state index contributed by atoms with van der Waals surface area (Å²) in [6.45, 7) is 8.96. The summed E-state index contributed by atoms with van der Waals surface area (Å²) in [6.07, 6.45) is 0. The number of amides is 1. The molecule has 0 saturated carbocycles. The molecule has 0 aromatic heterocycles. The third kappa shape index (κ3) is 6.36. The minimum atomic E-state index is 0.0128. The van der Waals surface area contributed by atoms with E-state index in [4.69, 9.17) is 11.6 Å². The first-order valence-corrected chi connectivity index (χ1v) is 7.78. The smallest absolute Gasteiger partial charge is 0.239 e. The van der Waals surface area contributed by atoms with Crippen LogP contribution in [0, 0.1) is 5.92 Å². The zero-order valence-corrected chi connectivity index (χ0v) is 14.1. The van der Waals surface area contributed by atoms with Crippen LogP contribution < -0.4 is 15.5 Å². The Labute approximate surface area is 132 Å². The molecular formula is C16H26ClN3O. The molecule has 0 radical (unpaired) electrons. The van der Waals surface area contributed by atoms with Gasteiger partial charge in [0.25, 0.3) is 0 Å². The summed E-state index contributed by atoms with van der Waals surface area (Å²) in [5.41, 5.74) is 2.02. The molecule has 0 fully saturated rings. The second-order valence-corrected chi connectivity index (χ2v) is 6.02. The second kappa shape index (κ2) is 8.90. The summed E-state index contributed by atoms with van der Waals surface area (Å²) in [6, 6.07) is 5.92. The maximum absolute atomic E-state index is 11.6. The highest BCUT2D eigenvalue weighted by atomic mass is 35.5. The van der Waals surface area contributed by atoms with Crippen molar-refractivity contribution in [2.75, 3.05) is 31.6 Å². The van der Waals surface area contributed by atoms with Gasteiger partial charge < -0.3 is 15.5 Å². The van der Waals surface area contributed by atoms with Crippen LogP contribution in [0.1, 0.15) is 26.3 Å². The van der Waals surface area contributed by atoms with Crippen LogP contribution in [0.2, 0.25) is 5.02 Å². The lowest BCUT2D eigenvalue weighted by Gasteiger charge is -2.19. The maximum Gasteiger partial charge on any atom is 0.239 e. The number of benzene rings is 1. The van der Waals surface area contributed by atoms with Crippen molar-refractivity contribution in [2.45, 2.75) is 27.3 Å². The van der Waals surface area contributed by atoms with Gasteiger partial charge in [-0.15, -0.1) is 0 Å². The molecule has 0 aliphatic carbocycles. The molecule has 4 nitrogen and oxygen atoms in total. The molecule has 118 valence electrons. The molecule has 0 spiro atoms. The minimum Gasteiger partial charge on any atom is -0.365 e. The Kier molecular flexibility index (Phi) is 7.54. The number of anilines is 1. The molecule has 1 rings (SSSR count). The number of carbonyl (C=O) groups is 1. The Morgan fingerprint density at radius 1 is 1.38 bits per heavy atom. The van der Waals surface area contributed by atoms with Gasteiger partial charge in [-0.2, -0.15) is 0 Å². The first kappa shape index (κ1) is 17.8. The van der Waals surface area contributed by atoms with Gasteiger partial charge in [0.1, 0.15) is 0 Å². The molecule has 2 N–H and O–H groups in total. The fraction of sp³-hybridized carbons (Fsp3) is 0.562. The van der Waals surface area contributed by atoms with E-state index in [1.165, 1.54) is 0 Å². The van der Waals surface area contributed by atoms with Crippen molar-refractivity contribution in [2.24, 2.45) is 5.92 Å². The van der Waals surface area contributed by atoms with E-state index in [0.29, 0.717) is 19.0 Å². The Hall–Kier alpha value is -1.26. The highest BCUT2D eigenvalue weighted by Gasteiger charge is 2.09. The third-order valence-electron chi connectivity index (χ3n) is 3.10. The van der Waals surface area contributed by atoms with Crippen LogP contribution in [0.3, 0.4) is 0 Å². The van der Waals surface area contributed by atoms with Gasteiger partial charge in [0, 0.05) is 30.8 Å². The van der Waals surface area contributed by atoms with Crippen LogP contribution in [0.4, 0.5) is 5.69 Å². The molecule has 5 heteroatoms. The number of nitrogens with one attached hydrogen (secondary N) is 2. The number of nitrogens with zero attached hydrogens (tertiary/aromatic N) is 1. The second-order valence-electron chi connectivity index (χ2n) is 5.61. The standard InChI is InChI=1S/C16H26ClN3O/c1-5-19-16(21)11-20(4)14-7-6-13(15(17)8-14)10-18-9-12(2)3/h6-8,12,18H,5,9-11H2,1-4H3,(H,19,21). The minimum absolute atomic E-state index is 0.0128. The van der Waals surface area contributed by atoms with Crippen molar-refractivity contribution in [1.29, 1.82) is 0 Å². The predicted octanol–water partition coefficient (Wildman–Crippen LogP) is 2.66. The first-order chi connectivity index (χ1) is 9.93. The first-order valence-electron chi connectivity index (χ1n) is 7.41. The molecule has 0 aliphatic heterocycles. The van der Waals surface area contributed by atoms with Gasteiger partial charge in [-0.05, 0) is 37.1 Å². The molecule has 0 heterocycles. The van der Waals surface area contributed by atoms with Crippen LogP contribution in [0.5, 0.6) is 0 Å². The largest absolute Gasteiger partial charge is 0.365 e. The van der Waals surface area contributed by atoms with Crippen LogP contribution in [0.25, 0.3) is 0 Å². The highest BCUT2D eigenvalue weighted by molar-refractivity contribution is 6.31. The molecule has 1 aromatic rings. The summed E-state index contributed by atoms with van der Waals surface area (Å²) in [5.74, 6) is 0.630. The summed E-state index contributed by atoms with van der Waals surface area (Å²) in [5, 5.41) is 6.89. The van der Waals surface area contributed by atoms with Crippen LogP contribution >= 0.6 is 11.6 Å². The van der Waals surface area contributed by atoms with Crippen LogP contribution in [0.15, 0.2) is 18.2 Å². The lowest BCUT2D eigenvalue weighted by atomic mass is 10.1. The molecule has 1 amide bonds. The number of carbonyl (C=O) groups excluding carboxylic acids is 1. The number of hydrogen-bond donors (Lipinski definition) is 2. The summed E-state index contributed by atoms with van der Waals surface area (Å²) in [4.78, 5) is 13.5. The third-order valence-corrected chi connectivity index (χ3v) is 3.45. The Balaban J connectivity index is 2.62. The zero-order valence-electron chi connectivity index (χ0n) is 13.4. The van der Waals surface area contributed by atoms with Crippen molar-refractivity contribution >= 4 is 23.2 Å². The number of halogens is 1. The van der Waals surface area contributed by atoms with E-state index in [2.05, 4.69) is 24.5 Å². The van der Waals surface area contributed by atoms with Gasteiger partial charge in [0.15, 0.2) is 0 Å². The molecule has 0 saturated heterocycles. The van der Waals surface area contributed by atoms with Crippen molar-refractivity contribution in [3.63, 3.8) is 0 Å².